The van der Waals surface area contributed by atoms with Crippen LogP contribution >= 0.6 is 34.5 Å². The van der Waals surface area contributed by atoms with Gasteiger partial charge in [0.15, 0.2) is 0 Å². The first kappa shape index (κ1) is 20.9. The van der Waals surface area contributed by atoms with Crippen LogP contribution in [0.1, 0.15) is 24.0 Å². The van der Waals surface area contributed by atoms with E-state index in [1.165, 1.54) is 27.8 Å². The summed E-state index contributed by atoms with van der Waals surface area (Å²) >= 11 is 13.7. The lowest BCUT2D eigenvalue weighted by Gasteiger charge is -2.31. The maximum absolute atomic E-state index is 13.0. The summed E-state index contributed by atoms with van der Waals surface area (Å²) in [6.45, 7) is 4.53. The average molecular weight is 471 g/mol. The Morgan fingerprint density at radius 2 is 1.83 bits per heavy atom. The van der Waals surface area contributed by atoms with Crippen LogP contribution in [0.5, 0.6) is 5.19 Å². The Morgan fingerprint density at radius 1 is 1.10 bits per heavy atom. The van der Waals surface area contributed by atoms with Crippen molar-refractivity contribution in [2.24, 2.45) is 0 Å². The maximum Gasteiger partial charge on any atom is 0.274 e. The summed E-state index contributed by atoms with van der Waals surface area (Å²) in [5.74, 6) is 0. The van der Waals surface area contributed by atoms with Crippen molar-refractivity contribution in [1.29, 1.82) is 0 Å². The van der Waals surface area contributed by atoms with E-state index in [4.69, 9.17) is 27.9 Å². The third kappa shape index (κ3) is 4.11. The third-order valence-corrected chi connectivity index (χ3v) is 8.78. The summed E-state index contributed by atoms with van der Waals surface area (Å²) in [6.07, 6.45) is 1.13. The van der Waals surface area contributed by atoms with Gasteiger partial charge in [-0.3, -0.25) is 0 Å². The number of piperidine rings is 1. The normalized spacial score (nSPS) is 16.4. The van der Waals surface area contributed by atoms with Gasteiger partial charge in [-0.15, -0.1) is 0 Å². The minimum atomic E-state index is -3.68. The lowest BCUT2D eigenvalue weighted by molar-refractivity contribution is 0.135. The SMILES string of the molecule is Cc1cc(S(=O)(=O)N2CCC(Oc3nc4c(C)cccc4s3)CC2)c(Cl)cc1Cl. The van der Waals surface area contributed by atoms with E-state index < -0.39 is 10.0 Å². The number of thiazole rings is 1. The standard InChI is InChI=1S/C20H20Cl2N2O3S2/c1-12-4-3-5-17-19(12)23-20(28-17)27-14-6-8-24(9-7-14)29(25,26)18-10-13(2)15(21)11-16(18)22/h3-5,10-11,14H,6-9H2,1-2H3. The predicted octanol–water partition coefficient (Wildman–Crippen LogP) is 5.45. The number of hydrogen-bond acceptors (Lipinski definition) is 5. The predicted molar refractivity (Wildman–Crippen MR) is 118 cm³/mol. The number of aryl methyl sites for hydroxylation is 2. The fourth-order valence-electron chi connectivity index (χ4n) is 3.42. The molecule has 5 nitrogen and oxygen atoms in total. The molecular formula is C20H20Cl2N2O3S2. The molecule has 1 saturated heterocycles. The van der Waals surface area contributed by atoms with Crippen LogP contribution in [-0.2, 0) is 10.0 Å². The highest BCUT2D eigenvalue weighted by atomic mass is 35.5. The van der Waals surface area contributed by atoms with Crippen LogP contribution in [0.25, 0.3) is 10.2 Å². The van der Waals surface area contributed by atoms with E-state index in [1.54, 1.807) is 6.92 Å². The van der Waals surface area contributed by atoms with Crippen molar-refractivity contribution in [3.63, 3.8) is 0 Å². The van der Waals surface area contributed by atoms with E-state index in [0.717, 1.165) is 15.8 Å². The first-order valence-corrected chi connectivity index (χ1v) is 12.3. The number of rotatable bonds is 4. The summed E-state index contributed by atoms with van der Waals surface area (Å²) in [4.78, 5) is 4.68. The lowest BCUT2D eigenvalue weighted by atomic mass is 10.1. The van der Waals surface area contributed by atoms with Gasteiger partial charge in [0, 0.05) is 18.1 Å². The van der Waals surface area contributed by atoms with Crippen LogP contribution in [-0.4, -0.2) is 36.9 Å². The summed E-state index contributed by atoms with van der Waals surface area (Å²) in [5.41, 5.74) is 2.75. The van der Waals surface area contributed by atoms with Crippen molar-refractivity contribution in [2.45, 2.75) is 37.7 Å². The smallest absolute Gasteiger partial charge is 0.274 e. The first-order chi connectivity index (χ1) is 13.8. The largest absolute Gasteiger partial charge is 0.467 e. The molecule has 0 aliphatic carbocycles. The number of halogens is 2. The summed E-state index contributed by atoms with van der Waals surface area (Å²) < 4.78 is 34.7. The van der Waals surface area contributed by atoms with Gasteiger partial charge in [-0.25, -0.2) is 13.4 Å². The average Bonchev–Trinajstić information content (AvgIpc) is 3.09. The highest BCUT2D eigenvalue weighted by Gasteiger charge is 2.32. The molecule has 1 aromatic heterocycles. The topological polar surface area (TPSA) is 59.5 Å². The van der Waals surface area contributed by atoms with E-state index in [1.807, 2.05) is 25.1 Å². The molecule has 2 heterocycles. The highest BCUT2D eigenvalue weighted by Crippen LogP contribution is 2.34. The van der Waals surface area contributed by atoms with Crippen molar-refractivity contribution in [3.05, 3.63) is 51.5 Å². The van der Waals surface area contributed by atoms with Gasteiger partial charge in [-0.05, 0) is 56.0 Å². The van der Waals surface area contributed by atoms with Gasteiger partial charge in [0.25, 0.3) is 5.19 Å². The molecule has 0 amide bonds. The van der Waals surface area contributed by atoms with E-state index in [-0.39, 0.29) is 16.0 Å². The van der Waals surface area contributed by atoms with E-state index in [0.29, 0.717) is 41.7 Å². The summed E-state index contributed by atoms with van der Waals surface area (Å²) in [5, 5.41) is 1.22. The van der Waals surface area contributed by atoms with E-state index in [9.17, 15) is 8.42 Å². The molecule has 4 rings (SSSR count). The fourth-order valence-corrected chi connectivity index (χ4v) is 6.65. The number of nitrogens with zero attached hydrogens (tertiary/aromatic N) is 2. The molecule has 1 fully saturated rings. The minimum Gasteiger partial charge on any atom is -0.467 e. The molecule has 0 bridgehead atoms. The quantitative estimate of drug-likeness (QED) is 0.508. The van der Waals surface area contributed by atoms with Crippen LogP contribution in [0, 0.1) is 13.8 Å². The molecule has 2 aromatic carbocycles. The zero-order valence-corrected chi connectivity index (χ0v) is 19.1. The van der Waals surface area contributed by atoms with Gasteiger partial charge in [0.05, 0.1) is 15.2 Å². The van der Waals surface area contributed by atoms with Gasteiger partial charge in [-0.2, -0.15) is 4.31 Å². The summed E-state index contributed by atoms with van der Waals surface area (Å²) in [7, 11) is -3.68. The lowest BCUT2D eigenvalue weighted by Crippen LogP contribution is -2.41. The van der Waals surface area contributed by atoms with Gasteiger partial charge in [0.2, 0.25) is 10.0 Å². The molecular weight excluding hydrogens is 451 g/mol. The Kier molecular flexibility index (Phi) is 5.79. The van der Waals surface area contributed by atoms with Crippen molar-refractivity contribution < 1.29 is 13.2 Å². The number of sulfonamides is 1. The molecule has 9 heteroatoms. The molecule has 154 valence electrons. The Hall–Kier alpha value is -1.38. The van der Waals surface area contributed by atoms with Crippen LogP contribution in [0.4, 0.5) is 0 Å². The zero-order chi connectivity index (χ0) is 20.8. The summed E-state index contributed by atoms with van der Waals surface area (Å²) in [6, 6.07) is 9.08. The monoisotopic (exact) mass is 470 g/mol. The second-order valence-corrected chi connectivity index (χ2v) is 10.9. The van der Waals surface area contributed by atoms with Crippen molar-refractivity contribution in [3.8, 4) is 5.19 Å². The van der Waals surface area contributed by atoms with Gasteiger partial charge in [0.1, 0.15) is 11.0 Å². The Morgan fingerprint density at radius 3 is 2.52 bits per heavy atom. The zero-order valence-electron chi connectivity index (χ0n) is 16.0. The number of ether oxygens (including phenoxy) is 1. The molecule has 0 atom stereocenters. The van der Waals surface area contributed by atoms with Crippen LogP contribution < -0.4 is 4.74 Å². The number of aromatic nitrogens is 1. The highest BCUT2D eigenvalue weighted by molar-refractivity contribution is 7.89. The van der Waals surface area contributed by atoms with Crippen LogP contribution in [0.2, 0.25) is 10.0 Å². The second kappa shape index (κ2) is 8.04. The first-order valence-electron chi connectivity index (χ1n) is 9.24. The van der Waals surface area contributed by atoms with Crippen LogP contribution in [0.3, 0.4) is 0 Å². The van der Waals surface area contributed by atoms with Crippen molar-refractivity contribution in [2.75, 3.05) is 13.1 Å². The molecule has 3 aromatic rings. The van der Waals surface area contributed by atoms with Gasteiger partial charge < -0.3 is 4.74 Å². The number of benzene rings is 2. The Labute approximate surface area is 184 Å². The molecule has 0 unspecified atom stereocenters. The van der Waals surface area contributed by atoms with E-state index >= 15 is 0 Å². The fraction of sp³-hybridized carbons (Fsp3) is 0.350. The third-order valence-electron chi connectivity index (χ3n) is 5.10. The minimum absolute atomic E-state index is 0.0651. The van der Waals surface area contributed by atoms with Crippen LogP contribution in [0.15, 0.2) is 35.2 Å². The van der Waals surface area contributed by atoms with Gasteiger partial charge in [-0.1, -0.05) is 46.7 Å². The molecule has 0 saturated carbocycles. The Balaban J connectivity index is 1.46. The number of hydrogen-bond donors (Lipinski definition) is 0. The second-order valence-electron chi connectivity index (χ2n) is 7.15. The molecule has 0 radical (unpaired) electrons. The molecule has 1 aliphatic heterocycles. The number of fused-ring (bicyclic) bond motifs is 1. The van der Waals surface area contributed by atoms with Crippen molar-refractivity contribution >= 4 is 54.8 Å². The molecule has 1 aliphatic rings. The maximum atomic E-state index is 13.0. The molecule has 0 spiro atoms. The molecule has 29 heavy (non-hydrogen) atoms. The van der Waals surface area contributed by atoms with E-state index in [2.05, 4.69) is 4.98 Å². The van der Waals surface area contributed by atoms with Crippen molar-refractivity contribution in [1.82, 2.24) is 9.29 Å². The van der Waals surface area contributed by atoms with Gasteiger partial charge >= 0.3 is 0 Å². The molecule has 0 N–H and O–H groups in total. The number of para-hydroxylation sites is 1. The Bertz CT molecular complexity index is 1170.